The summed E-state index contributed by atoms with van der Waals surface area (Å²) in [5.41, 5.74) is 2.09. The summed E-state index contributed by atoms with van der Waals surface area (Å²) in [7, 11) is 0. The van der Waals surface area contributed by atoms with Crippen molar-refractivity contribution in [3.63, 3.8) is 0 Å². The molecular weight excluding hydrogens is 292 g/mol. The van der Waals surface area contributed by atoms with Crippen molar-refractivity contribution in [1.29, 1.82) is 0 Å². The monoisotopic (exact) mass is 318 g/mol. The molecule has 0 spiro atoms. The zero-order valence-corrected chi connectivity index (χ0v) is 14.4. The second-order valence-corrected chi connectivity index (χ2v) is 7.30. The fourth-order valence-corrected chi connectivity index (χ4v) is 3.25. The van der Waals surface area contributed by atoms with Crippen molar-refractivity contribution in [3.8, 4) is 0 Å². The summed E-state index contributed by atoms with van der Waals surface area (Å²) < 4.78 is 5.51. The number of fused-ring (bicyclic) bond motifs is 1. The maximum atomic E-state index is 12.3. The van der Waals surface area contributed by atoms with E-state index in [1.807, 2.05) is 31.9 Å². The van der Waals surface area contributed by atoms with Crippen molar-refractivity contribution in [1.82, 2.24) is 9.88 Å². The summed E-state index contributed by atoms with van der Waals surface area (Å²) in [4.78, 5) is 20.9. The number of carbonyl (C=O) groups is 1. The normalized spacial score (nSPS) is 21.0. The molecule has 1 unspecified atom stereocenters. The molecule has 2 aliphatic heterocycles. The maximum Gasteiger partial charge on any atom is 0.410 e. The van der Waals surface area contributed by atoms with E-state index in [-0.39, 0.29) is 12.1 Å². The van der Waals surface area contributed by atoms with Crippen LogP contribution in [0.15, 0.2) is 12.3 Å². The Morgan fingerprint density at radius 1 is 1.39 bits per heavy atom. The van der Waals surface area contributed by atoms with Gasteiger partial charge < -0.3 is 19.9 Å². The zero-order chi connectivity index (χ0) is 16.6. The van der Waals surface area contributed by atoms with E-state index < -0.39 is 5.60 Å². The first-order valence-corrected chi connectivity index (χ1v) is 8.31. The van der Waals surface area contributed by atoms with Gasteiger partial charge in [0.05, 0.1) is 0 Å². The summed E-state index contributed by atoms with van der Waals surface area (Å²) in [5, 5.41) is 3.32. The molecule has 0 bridgehead atoms. The summed E-state index contributed by atoms with van der Waals surface area (Å²) in [6.07, 6.45) is 2.66. The molecule has 2 aliphatic rings. The summed E-state index contributed by atoms with van der Waals surface area (Å²) >= 11 is 0. The van der Waals surface area contributed by atoms with Crippen LogP contribution in [0.1, 0.15) is 33.3 Å². The smallest absolute Gasteiger partial charge is 0.410 e. The minimum absolute atomic E-state index is 0.122. The van der Waals surface area contributed by atoms with E-state index in [0.29, 0.717) is 6.54 Å². The van der Waals surface area contributed by atoms with E-state index in [1.165, 1.54) is 11.3 Å². The van der Waals surface area contributed by atoms with Gasteiger partial charge in [0, 0.05) is 49.7 Å². The molecule has 1 N–H and O–H groups in total. The van der Waals surface area contributed by atoms with Crippen LogP contribution in [0, 0.1) is 0 Å². The molecule has 0 aromatic carbocycles. The van der Waals surface area contributed by atoms with Crippen LogP contribution in [0.4, 0.5) is 16.3 Å². The highest BCUT2D eigenvalue weighted by Crippen LogP contribution is 2.31. The number of aromatic nitrogens is 1. The number of pyridine rings is 1. The van der Waals surface area contributed by atoms with Crippen LogP contribution in [0.3, 0.4) is 0 Å². The quantitative estimate of drug-likeness (QED) is 0.862. The molecule has 1 saturated heterocycles. The number of amides is 1. The molecule has 6 nitrogen and oxygen atoms in total. The molecule has 1 aromatic rings. The van der Waals surface area contributed by atoms with Gasteiger partial charge in [-0.2, -0.15) is 0 Å². The van der Waals surface area contributed by atoms with Crippen molar-refractivity contribution in [3.05, 3.63) is 17.8 Å². The van der Waals surface area contributed by atoms with Crippen molar-refractivity contribution >= 4 is 17.6 Å². The average molecular weight is 318 g/mol. The molecule has 23 heavy (non-hydrogen) atoms. The van der Waals surface area contributed by atoms with Crippen LogP contribution < -0.4 is 10.2 Å². The molecular formula is C17H26N4O2. The lowest BCUT2D eigenvalue weighted by molar-refractivity contribution is 0.0159. The van der Waals surface area contributed by atoms with Crippen molar-refractivity contribution in [2.24, 2.45) is 0 Å². The van der Waals surface area contributed by atoms with Gasteiger partial charge in [0.25, 0.3) is 0 Å². The highest BCUT2D eigenvalue weighted by atomic mass is 16.6. The SMILES string of the molecule is CC1CN(c2ccnc3c2CCN3)CCN1C(=O)OC(C)(C)C. The van der Waals surface area contributed by atoms with Gasteiger partial charge in [-0.25, -0.2) is 9.78 Å². The number of nitrogens with zero attached hydrogens (tertiary/aromatic N) is 3. The standard InChI is InChI=1S/C17H26N4O2/c1-12-11-20(9-10-21(12)16(22)23-17(2,3)4)14-6-8-19-15-13(14)5-7-18-15/h6,8,12H,5,7,9-11H2,1-4H3,(H,18,19). The number of anilines is 2. The second-order valence-electron chi connectivity index (χ2n) is 7.30. The lowest BCUT2D eigenvalue weighted by atomic mass is 10.1. The number of carbonyl (C=O) groups excluding carboxylic acids is 1. The highest BCUT2D eigenvalue weighted by Gasteiger charge is 2.32. The van der Waals surface area contributed by atoms with Crippen molar-refractivity contribution < 1.29 is 9.53 Å². The van der Waals surface area contributed by atoms with Gasteiger partial charge in [-0.15, -0.1) is 0 Å². The Bertz CT molecular complexity index is 597. The number of hydrogen-bond acceptors (Lipinski definition) is 5. The number of rotatable bonds is 1. The van der Waals surface area contributed by atoms with Crippen LogP contribution in [-0.2, 0) is 11.2 Å². The summed E-state index contributed by atoms with van der Waals surface area (Å²) in [6.45, 7) is 11.1. The summed E-state index contributed by atoms with van der Waals surface area (Å²) in [6, 6.07) is 2.21. The van der Waals surface area contributed by atoms with E-state index in [4.69, 9.17) is 4.74 Å². The number of nitrogens with one attached hydrogen (secondary N) is 1. The second kappa shape index (κ2) is 5.91. The first-order chi connectivity index (χ1) is 10.8. The molecule has 0 saturated carbocycles. The molecule has 1 fully saturated rings. The van der Waals surface area contributed by atoms with Crippen LogP contribution >= 0.6 is 0 Å². The van der Waals surface area contributed by atoms with Crippen molar-refractivity contribution in [2.45, 2.75) is 45.8 Å². The van der Waals surface area contributed by atoms with Crippen LogP contribution in [0.5, 0.6) is 0 Å². The molecule has 126 valence electrons. The molecule has 1 amide bonds. The van der Waals surface area contributed by atoms with Gasteiger partial charge in [-0.1, -0.05) is 0 Å². The third kappa shape index (κ3) is 3.35. The first kappa shape index (κ1) is 15.9. The van der Waals surface area contributed by atoms with Gasteiger partial charge in [-0.3, -0.25) is 0 Å². The molecule has 0 aliphatic carbocycles. The van der Waals surface area contributed by atoms with E-state index in [1.54, 1.807) is 0 Å². The Morgan fingerprint density at radius 2 is 2.17 bits per heavy atom. The highest BCUT2D eigenvalue weighted by molar-refractivity contribution is 5.70. The summed E-state index contributed by atoms with van der Waals surface area (Å²) in [5.74, 6) is 1.00. The van der Waals surface area contributed by atoms with Gasteiger partial charge in [0.2, 0.25) is 0 Å². The predicted octanol–water partition coefficient (Wildman–Crippen LogP) is 2.50. The van der Waals surface area contributed by atoms with E-state index in [0.717, 1.165) is 31.9 Å². The number of ether oxygens (including phenoxy) is 1. The van der Waals surface area contributed by atoms with E-state index >= 15 is 0 Å². The molecule has 3 heterocycles. The van der Waals surface area contributed by atoms with Crippen LogP contribution in [0.25, 0.3) is 0 Å². The minimum atomic E-state index is -0.453. The Morgan fingerprint density at radius 3 is 2.87 bits per heavy atom. The van der Waals surface area contributed by atoms with Crippen LogP contribution in [-0.4, -0.2) is 53.8 Å². The lowest BCUT2D eigenvalue weighted by Gasteiger charge is -2.41. The van der Waals surface area contributed by atoms with Gasteiger partial charge in [-0.05, 0) is 40.2 Å². The maximum absolute atomic E-state index is 12.3. The largest absolute Gasteiger partial charge is 0.444 e. The molecule has 1 atom stereocenters. The van der Waals surface area contributed by atoms with Gasteiger partial charge in [0.1, 0.15) is 11.4 Å². The molecule has 1 aromatic heterocycles. The topological polar surface area (TPSA) is 57.7 Å². The molecule has 0 radical (unpaired) electrons. The number of piperazine rings is 1. The van der Waals surface area contributed by atoms with Gasteiger partial charge >= 0.3 is 6.09 Å². The Hall–Kier alpha value is -1.98. The minimum Gasteiger partial charge on any atom is -0.444 e. The van der Waals surface area contributed by atoms with Crippen molar-refractivity contribution in [2.75, 3.05) is 36.4 Å². The Labute approximate surface area is 137 Å². The fourth-order valence-electron chi connectivity index (χ4n) is 3.25. The Balaban J connectivity index is 1.70. The number of hydrogen-bond donors (Lipinski definition) is 1. The lowest BCUT2D eigenvalue weighted by Crippen LogP contribution is -2.55. The third-order valence-corrected chi connectivity index (χ3v) is 4.29. The molecule has 6 heteroatoms. The van der Waals surface area contributed by atoms with E-state index in [9.17, 15) is 4.79 Å². The first-order valence-electron chi connectivity index (χ1n) is 8.31. The van der Waals surface area contributed by atoms with Crippen LogP contribution in [0.2, 0.25) is 0 Å². The molecule has 3 rings (SSSR count). The zero-order valence-electron chi connectivity index (χ0n) is 14.4. The van der Waals surface area contributed by atoms with Gasteiger partial charge in [0.15, 0.2) is 0 Å². The third-order valence-electron chi connectivity index (χ3n) is 4.29. The predicted molar refractivity (Wildman–Crippen MR) is 91.0 cm³/mol. The van der Waals surface area contributed by atoms with E-state index in [2.05, 4.69) is 28.2 Å². The average Bonchev–Trinajstić information content (AvgIpc) is 2.93. The fraction of sp³-hybridized carbons (Fsp3) is 0.647. The Kier molecular flexibility index (Phi) is 4.08.